The first-order valence-corrected chi connectivity index (χ1v) is 2.75. The summed E-state index contributed by atoms with van der Waals surface area (Å²) in [6, 6.07) is -0.838. The maximum Gasteiger partial charge on any atom is 0.326 e. The van der Waals surface area contributed by atoms with Crippen LogP contribution in [0.5, 0.6) is 0 Å². The highest BCUT2D eigenvalue weighted by Gasteiger charge is 2.12. The molecule has 0 saturated heterocycles. The van der Waals surface area contributed by atoms with Gasteiger partial charge in [-0.1, -0.05) is 6.08 Å². The molecule has 4 heteroatoms. The number of nitrogens with one attached hydrogen (secondary N) is 1. The summed E-state index contributed by atoms with van der Waals surface area (Å²) in [6.45, 7) is 3.35. The van der Waals surface area contributed by atoms with E-state index in [-0.39, 0.29) is 6.42 Å². The van der Waals surface area contributed by atoms with Crippen LogP contribution in [0.2, 0.25) is 0 Å². The largest absolute Gasteiger partial charge is 0.480 e. The molecular formula is C6H9NO3. The first kappa shape index (κ1) is 8.68. The van der Waals surface area contributed by atoms with Crippen molar-refractivity contribution in [2.45, 2.75) is 12.5 Å². The molecule has 0 aliphatic carbocycles. The van der Waals surface area contributed by atoms with Gasteiger partial charge in [0.1, 0.15) is 6.04 Å². The minimum atomic E-state index is -1.05. The van der Waals surface area contributed by atoms with Crippen LogP contribution in [-0.2, 0) is 9.59 Å². The van der Waals surface area contributed by atoms with Crippen molar-refractivity contribution >= 4 is 12.4 Å². The average molecular weight is 143 g/mol. The molecule has 0 aromatic carbocycles. The normalized spacial score (nSPS) is 11.6. The van der Waals surface area contributed by atoms with E-state index >= 15 is 0 Å². The Bertz CT molecular complexity index is 134. The molecule has 0 rings (SSSR count). The lowest BCUT2D eigenvalue weighted by atomic mass is 10.2. The van der Waals surface area contributed by atoms with Crippen LogP contribution in [0.1, 0.15) is 6.42 Å². The van der Waals surface area contributed by atoms with Crippen molar-refractivity contribution in [3.05, 3.63) is 12.7 Å². The van der Waals surface area contributed by atoms with Gasteiger partial charge in [0, 0.05) is 0 Å². The highest BCUT2D eigenvalue weighted by molar-refractivity contribution is 5.76. The first-order valence-electron chi connectivity index (χ1n) is 2.75. The second kappa shape index (κ2) is 4.55. The monoisotopic (exact) mass is 143 g/mol. The van der Waals surface area contributed by atoms with Crippen LogP contribution in [-0.4, -0.2) is 23.5 Å². The number of rotatable bonds is 5. The van der Waals surface area contributed by atoms with Crippen molar-refractivity contribution in [3.63, 3.8) is 0 Å². The molecule has 0 bridgehead atoms. The number of carboxylic acids is 1. The van der Waals surface area contributed by atoms with Crippen LogP contribution in [0.25, 0.3) is 0 Å². The van der Waals surface area contributed by atoms with Crippen LogP contribution in [0.4, 0.5) is 0 Å². The second-order valence-electron chi connectivity index (χ2n) is 1.70. The lowest BCUT2D eigenvalue weighted by Gasteiger charge is -2.06. The molecule has 0 saturated carbocycles. The third-order valence-corrected chi connectivity index (χ3v) is 0.970. The smallest absolute Gasteiger partial charge is 0.326 e. The molecule has 2 N–H and O–H groups in total. The third kappa shape index (κ3) is 2.86. The Balaban J connectivity index is 3.83. The standard InChI is InChI=1S/C6H9NO3/c1-2-3-5(6(9)10)7-4-8/h2,4-5H,1,3H2,(H,7,8)(H,9,10). The topological polar surface area (TPSA) is 66.4 Å². The Morgan fingerprint density at radius 2 is 2.40 bits per heavy atom. The van der Waals surface area contributed by atoms with E-state index in [1.54, 1.807) is 0 Å². The van der Waals surface area contributed by atoms with Gasteiger partial charge in [0.2, 0.25) is 6.41 Å². The molecule has 0 aromatic heterocycles. The molecular weight excluding hydrogens is 134 g/mol. The lowest BCUT2D eigenvalue weighted by molar-refractivity contribution is -0.140. The van der Waals surface area contributed by atoms with Crippen molar-refractivity contribution < 1.29 is 14.7 Å². The number of aliphatic carboxylic acids is 1. The van der Waals surface area contributed by atoms with Gasteiger partial charge in [0.15, 0.2) is 0 Å². The molecule has 4 nitrogen and oxygen atoms in total. The molecule has 10 heavy (non-hydrogen) atoms. The number of carbonyl (C=O) groups excluding carboxylic acids is 1. The van der Waals surface area contributed by atoms with Crippen molar-refractivity contribution in [2.24, 2.45) is 0 Å². The van der Waals surface area contributed by atoms with Crippen LogP contribution in [0.3, 0.4) is 0 Å². The van der Waals surface area contributed by atoms with Crippen LogP contribution < -0.4 is 5.32 Å². The number of amides is 1. The van der Waals surface area contributed by atoms with E-state index in [2.05, 4.69) is 11.9 Å². The van der Waals surface area contributed by atoms with Gasteiger partial charge in [-0.25, -0.2) is 4.79 Å². The summed E-state index contributed by atoms with van der Waals surface area (Å²) in [7, 11) is 0. The van der Waals surface area contributed by atoms with Gasteiger partial charge in [-0.05, 0) is 6.42 Å². The van der Waals surface area contributed by atoms with Crippen LogP contribution >= 0.6 is 0 Å². The van der Waals surface area contributed by atoms with Crippen molar-refractivity contribution in [1.82, 2.24) is 5.32 Å². The first-order chi connectivity index (χ1) is 4.72. The summed E-state index contributed by atoms with van der Waals surface area (Å²) in [5.41, 5.74) is 0. The molecule has 1 unspecified atom stereocenters. The van der Waals surface area contributed by atoms with E-state index in [0.717, 1.165) is 0 Å². The maximum atomic E-state index is 10.2. The molecule has 0 fully saturated rings. The zero-order valence-electron chi connectivity index (χ0n) is 5.41. The summed E-state index contributed by atoms with van der Waals surface area (Å²) < 4.78 is 0. The van der Waals surface area contributed by atoms with Gasteiger partial charge >= 0.3 is 5.97 Å². The average Bonchev–Trinajstić information content (AvgIpc) is 1.87. The number of hydrogen-bond donors (Lipinski definition) is 2. The molecule has 0 aliphatic rings. The summed E-state index contributed by atoms with van der Waals surface area (Å²) in [4.78, 5) is 20.0. The molecule has 0 radical (unpaired) electrons. The zero-order chi connectivity index (χ0) is 7.98. The molecule has 0 spiro atoms. The zero-order valence-corrected chi connectivity index (χ0v) is 5.41. The third-order valence-electron chi connectivity index (χ3n) is 0.970. The number of carboxylic acid groups (broad SMARTS) is 1. The van der Waals surface area contributed by atoms with Gasteiger partial charge in [-0.3, -0.25) is 4.79 Å². The Kier molecular flexibility index (Phi) is 3.95. The van der Waals surface area contributed by atoms with Crippen molar-refractivity contribution in [3.8, 4) is 0 Å². The SMILES string of the molecule is C=CCC(NC=O)C(=O)O. The quantitative estimate of drug-likeness (QED) is 0.412. The summed E-state index contributed by atoms with van der Waals surface area (Å²) >= 11 is 0. The molecule has 1 amide bonds. The highest BCUT2D eigenvalue weighted by Crippen LogP contribution is 1.90. The highest BCUT2D eigenvalue weighted by atomic mass is 16.4. The Hall–Kier alpha value is -1.32. The van der Waals surface area contributed by atoms with Gasteiger partial charge in [0.25, 0.3) is 0 Å². The van der Waals surface area contributed by atoms with E-state index in [1.807, 2.05) is 0 Å². The predicted molar refractivity (Wildman–Crippen MR) is 35.4 cm³/mol. The molecule has 1 atom stereocenters. The van der Waals surface area contributed by atoms with Gasteiger partial charge in [-0.2, -0.15) is 0 Å². The molecule has 0 heterocycles. The van der Waals surface area contributed by atoms with E-state index in [1.165, 1.54) is 6.08 Å². The lowest BCUT2D eigenvalue weighted by Crippen LogP contribution is -2.34. The van der Waals surface area contributed by atoms with E-state index < -0.39 is 12.0 Å². The minimum Gasteiger partial charge on any atom is -0.480 e. The molecule has 0 aliphatic heterocycles. The fourth-order valence-corrected chi connectivity index (χ4v) is 0.489. The molecule has 56 valence electrons. The summed E-state index contributed by atoms with van der Waals surface area (Å²) in [5, 5.41) is 10.5. The Labute approximate surface area is 58.5 Å². The minimum absolute atomic E-state index is 0.244. The number of hydrogen-bond acceptors (Lipinski definition) is 2. The van der Waals surface area contributed by atoms with Crippen molar-refractivity contribution in [2.75, 3.05) is 0 Å². The van der Waals surface area contributed by atoms with E-state index in [4.69, 9.17) is 5.11 Å². The van der Waals surface area contributed by atoms with E-state index in [9.17, 15) is 9.59 Å². The van der Waals surface area contributed by atoms with E-state index in [0.29, 0.717) is 6.41 Å². The second-order valence-corrected chi connectivity index (χ2v) is 1.70. The number of carbonyl (C=O) groups is 2. The summed E-state index contributed by atoms with van der Waals surface area (Å²) in [5.74, 6) is -1.05. The fraction of sp³-hybridized carbons (Fsp3) is 0.333. The molecule has 0 aromatic rings. The van der Waals surface area contributed by atoms with Crippen LogP contribution in [0.15, 0.2) is 12.7 Å². The maximum absolute atomic E-state index is 10.2. The Morgan fingerprint density at radius 1 is 1.80 bits per heavy atom. The van der Waals surface area contributed by atoms with Crippen LogP contribution in [0, 0.1) is 0 Å². The summed E-state index contributed by atoms with van der Waals surface area (Å²) in [6.07, 6.45) is 2.05. The Morgan fingerprint density at radius 3 is 2.70 bits per heavy atom. The van der Waals surface area contributed by atoms with Gasteiger partial charge in [-0.15, -0.1) is 6.58 Å². The van der Waals surface area contributed by atoms with Crippen molar-refractivity contribution in [1.29, 1.82) is 0 Å². The fourth-order valence-electron chi connectivity index (χ4n) is 0.489. The van der Waals surface area contributed by atoms with Gasteiger partial charge in [0.05, 0.1) is 0 Å². The predicted octanol–water partition coefficient (Wildman–Crippen LogP) is -0.238. The van der Waals surface area contributed by atoms with Gasteiger partial charge < -0.3 is 10.4 Å².